The smallest absolute Gasteiger partial charge is 0.267 e. The molecule has 0 fully saturated rings. The molecule has 0 saturated heterocycles. The topological polar surface area (TPSA) is 44.7 Å². The van der Waals surface area contributed by atoms with Crippen molar-refractivity contribution in [3.63, 3.8) is 0 Å². The Balaban J connectivity index is 2.19. The number of benzene rings is 1. The van der Waals surface area contributed by atoms with Crippen molar-refractivity contribution < 1.29 is 9.18 Å². The third kappa shape index (κ3) is 4.79. The Morgan fingerprint density at radius 1 is 1.33 bits per heavy atom. The van der Waals surface area contributed by atoms with Crippen LogP contribution in [0.5, 0.6) is 0 Å². The molecule has 4 nitrogen and oxygen atoms in total. The molecule has 1 aliphatic rings. The van der Waals surface area contributed by atoms with Crippen molar-refractivity contribution in [2.45, 2.75) is 65.0 Å². The lowest BCUT2D eigenvalue weighted by atomic mass is 10.00. The molecule has 1 aliphatic heterocycles. The van der Waals surface area contributed by atoms with Gasteiger partial charge in [-0.1, -0.05) is 38.0 Å². The van der Waals surface area contributed by atoms with Gasteiger partial charge in [0, 0.05) is 24.1 Å². The summed E-state index contributed by atoms with van der Waals surface area (Å²) in [5.74, 6) is -0.405. The highest BCUT2D eigenvalue weighted by Gasteiger charge is 2.33. The van der Waals surface area contributed by atoms with E-state index in [4.69, 9.17) is 0 Å². The van der Waals surface area contributed by atoms with Crippen LogP contribution in [0.3, 0.4) is 0 Å². The van der Waals surface area contributed by atoms with E-state index in [1.807, 2.05) is 31.8 Å². The van der Waals surface area contributed by atoms with Crippen molar-refractivity contribution in [2.24, 2.45) is 5.10 Å². The summed E-state index contributed by atoms with van der Waals surface area (Å²) < 4.78 is 14.2. The first-order valence-electron chi connectivity index (χ1n) is 8.73. The maximum atomic E-state index is 14.2. The number of halogens is 1. The monoisotopic (exact) mass is 333 g/mol. The maximum Gasteiger partial charge on any atom is 0.267 e. The van der Waals surface area contributed by atoms with Crippen LogP contribution in [-0.2, 0) is 4.79 Å². The zero-order valence-electron chi connectivity index (χ0n) is 15.1. The normalized spacial score (nSPS) is 17.8. The predicted octanol–water partition coefficient (Wildman–Crippen LogP) is 4.03. The number of hydrogen-bond acceptors (Lipinski definition) is 3. The van der Waals surface area contributed by atoms with Crippen LogP contribution >= 0.6 is 0 Å². The van der Waals surface area contributed by atoms with Crippen LogP contribution in [0.2, 0.25) is 0 Å². The molecule has 5 heteroatoms. The van der Waals surface area contributed by atoms with Gasteiger partial charge in [-0.2, -0.15) is 5.10 Å². The summed E-state index contributed by atoms with van der Waals surface area (Å²) in [5, 5.41) is 9.34. The Hall–Kier alpha value is -1.91. The molecular formula is C19H28FN3O. The highest BCUT2D eigenvalue weighted by molar-refractivity contribution is 6.39. The van der Waals surface area contributed by atoms with Crippen LogP contribution in [0.4, 0.5) is 4.39 Å². The molecule has 0 radical (unpaired) electrons. The van der Waals surface area contributed by atoms with Gasteiger partial charge in [0.15, 0.2) is 0 Å². The largest absolute Gasteiger partial charge is 0.346 e. The van der Waals surface area contributed by atoms with Crippen molar-refractivity contribution in [3.05, 3.63) is 35.6 Å². The second kappa shape index (κ2) is 7.77. The van der Waals surface area contributed by atoms with E-state index < -0.39 is 0 Å². The lowest BCUT2D eigenvalue weighted by Gasteiger charge is -2.24. The van der Waals surface area contributed by atoms with E-state index in [-0.39, 0.29) is 23.3 Å². The Labute approximate surface area is 144 Å². The van der Waals surface area contributed by atoms with E-state index in [0.29, 0.717) is 17.7 Å². The average Bonchev–Trinajstić information content (AvgIpc) is 2.90. The number of hydrogen-bond donors (Lipinski definition) is 1. The van der Waals surface area contributed by atoms with Crippen LogP contribution in [0.15, 0.2) is 29.4 Å². The summed E-state index contributed by atoms with van der Waals surface area (Å²) in [6.45, 7) is 8.69. The Morgan fingerprint density at radius 3 is 2.67 bits per heavy atom. The van der Waals surface area contributed by atoms with Crippen LogP contribution < -0.4 is 5.32 Å². The predicted molar refractivity (Wildman–Crippen MR) is 95.3 cm³/mol. The zero-order valence-corrected chi connectivity index (χ0v) is 15.1. The molecule has 1 unspecified atom stereocenters. The maximum absolute atomic E-state index is 14.2. The molecule has 24 heavy (non-hydrogen) atoms. The van der Waals surface area contributed by atoms with E-state index in [2.05, 4.69) is 17.3 Å². The molecule has 1 atom stereocenters. The minimum absolute atomic E-state index is 0.165. The van der Waals surface area contributed by atoms with Crippen molar-refractivity contribution in [3.8, 4) is 0 Å². The van der Waals surface area contributed by atoms with E-state index in [9.17, 15) is 9.18 Å². The van der Waals surface area contributed by atoms with Crippen molar-refractivity contribution in [2.75, 3.05) is 6.54 Å². The SMILES string of the molecule is CCCCCN1N=C(C(=O)NC(C)(C)C)CC1c1ccccc1F. The van der Waals surface area contributed by atoms with Gasteiger partial charge in [0.25, 0.3) is 5.91 Å². The summed E-state index contributed by atoms with van der Waals surface area (Å²) in [5.41, 5.74) is 0.772. The van der Waals surface area contributed by atoms with Gasteiger partial charge in [0.05, 0.1) is 6.04 Å². The number of rotatable bonds is 6. The van der Waals surface area contributed by atoms with Crippen LogP contribution in [0.1, 0.15) is 65.0 Å². The summed E-state index contributed by atoms with van der Waals surface area (Å²) in [6, 6.07) is 6.56. The molecule has 1 aromatic rings. The van der Waals surface area contributed by atoms with Gasteiger partial charge in [-0.25, -0.2) is 4.39 Å². The van der Waals surface area contributed by atoms with E-state index in [0.717, 1.165) is 25.8 Å². The molecule has 0 bridgehead atoms. The fourth-order valence-corrected chi connectivity index (χ4v) is 2.85. The van der Waals surface area contributed by atoms with Gasteiger partial charge >= 0.3 is 0 Å². The molecule has 1 heterocycles. The number of unbranched alkanes of at least 4 members (excludes halogenated alkanes) is 2. The van der Waals surface area contributed by atoms with E-state index in [1.54, 1.807) is 12.1 Å². The molecule has 132 valence electrons. The second-order valence-electron chi connectivity index (χ2n) is 7.36. The average molecular weight is 333 g/mol. The summed E-state index contributed by atoms with van der Waals surface area (Å²) in [6.07, 6.45) is 3.63. The molecule has 0 spiro atoms. The lowest BCUT2D eigenvalue weighted by Crippen LogP contribution is -2.43. The molecule has 1 N–H and O–H groups in total. The van der Waals surface area contributed by atoms with E-state index in [1.165, 1.54) is 6.07 Å². The van der Waals surface area contributed by atoms with Gasteiger partial charge in [-0.05, 0) is 33.3 Å². The first-order valence-corrected chi connectivity index (χ1v) is 8.73. The summed E-state index contributed by atoms with van der Waals surface area (Å²) >= 11 is 0. The zero-order chi connectivity index (χ0) is 17.7. The first kappa shape index (κ1) is 18.4. The van der Waals surface area contributed by atoms with E-state index >= 15 is 0 Å². The van der Waals surface area contributed by atoms with Gasteiger partial charge in [-0.15, -0.1) is 0 Å². The number of hydrazone groups is 1. The molecule has 0 aromatic heterocycles. The quantitative estimate of drug-likeness (QED) is 0.799. The second-order valence-corrected chi connectivity index (χ2v) is 7.36. The van der Waals surface area contributed by atoms with Gasteiger partial charge in [0.1, 0.15) is 11.5 Å². The van der Waals surface area contributed by atoms with Crippen molar-refractivity contribution >= 4 is 11.6 Å². The standard InChI is InChI=1S/C19H28FN3O/c1-5-6-9-12-23-17(14-10-7-8-11-15(14)20)13-16(22-23)18(24)21-19(2,3)4/h7-8,10-11,17H,5-6,9,12-13H2,1-4H3,(H,21,24). The fraction of sp³-hybridized carbons (Fsp3) is 0.579. The molecule has 1 amide bonds. The van der Waals surface area contributed by atoms with Crippen LogP contribution in [0, 0.1) is 5.82 Å². The summed E-state index contributed by atoms with van der Waals surface area (Å²) in [4.78, 5) is 12.4. The van der Waals surface area contributed by atoms with Gasteiger partial charge in [-0.3, -0.25) is 9.80 Å². The first-order chi connectivity index (χ1) is 11.3. The van der Waals surface area contributed by atoms with Crippen LogP contribution in [0.25, 0.3) is 0 Å². The Kier molecular flexibility index (Phi) is 5.97. The van der Waals surface area contributed by atoms with Gasteiger partial charge < -0.3 is 5.32 Å². The minimum Gasteiger partial charge on any atom is -0.346 e. The third-order valence-corrected chi connectivity index (χ3v) is 4.00. The fourth-order valence-electron chi connectivity index (χ4n) is 2.85. The number of carbonyl (C=O) groups excluding carboxylic acids is 1. The summed E-state index contributed by atoms with van der Waals surface area (Å²) in [7, 11) is 0. The minimum atomic E-state index is -0.317. The number of nitrogens with zero attached hydrogens (tertiary/aromatic N) is 2. The van der Waals surface area contributed by atoms with Crippen molar-refractivity contribution in [1.82, 2.24) is 10.3 Å². The lowest BCUT2D eigenvalue weighted by molar-refractivity contribution is -0.116. The Bertz CT molecular complexity index is 607. The molecular weight excluding hydrogens is 305 g/mol. The highest BCUT2D eigenvalue weighted by atomic mass is 19.1. The molecule has 1 aromatic carbocycles. The highest BCUT2D eigenvalue weighted by Crippen LogP contribution is 2.32. The van der Waals surface area contributed by atoms with Crippen molar-refractivity contribution in [1.29, 1.82) is 0 Å². The van der Waals surface area contributed by atoms with Gasteiger partial charge in [0.2, 0.25) is 0 Å². The number of nitrogens with one attached hydrogen (secondary N) is 1. The molecule has 0 aliphatic carbocycles. The third-order valence-electron chi connectivity index (χ3n) is 4.00. The Morgan fingerprint density at radius 2 is 2.04 bits per heavy atom. The number of carbonyl (C=O) groups is 1. The number of amides is 1. The van der Waals surface area contributed by atoms with Crippen LogP contribution in [-0.4, -0.2) is 28.7 Å². The molecule has 2 rings (SSSR count). The molecule has 0 saturated carbocycles.